The number of rotatable bonds is 5. The molecule has 0 bridgehead atoms. The van der Waals surface area contributed by atoms with Gasteiger partial charge in [0.2, 0.25) is 0 Å². The zero-order valence-corrected chi connectivity index (χ0v) is 16.4. The van der Waals surface area contributed by atoms with Crippen LogP contribution in [0.3, 0.4) is 0 Å². The van der Waals surface area contributed by atoms with Crippen LogP contribution in [-0.2, 0) is 19.5 Å². The van der Waals surface area contributed by atoms with E-state index >= 15 is 0 Å². The van der Waals surface area contributed by atoms with Crippen LogP contribution in [-0.4, -0.2) is 25.1 Å². The molecule has 6 nitrogen and oxygen atoms in total. The Balaban J connectivity index is 1.59. The zero-order valence-electron chi connectivity index (χ0n) is 15.6. The number of hydrogen-bond donors (Lipinski definition) is 1. The summed E-state index contributed by atoms with van der Waals surface area (Å²) in [4.78, 5) is 22.7. The van der Waals surface area contributed by atoms with Gasteiger partial charge in [0, 0.05) is 30.1 Å². The molecule has 142 valence electrons. The van der Waals surface area contributed by atoms with Crippen LogP contribution >= 0.6 is 11.3 Å². The van der Waals surface area contributed by atoms with Gasteiger partial charge in [-0.25, -0.2) is 14.8 Å². The van der Waals surface area contributed by atoms with Crippen molar-refractivity contribution in [2.24, 2.45) is 0 Å². The average molecular weight is 392 g/mol. The van der Waals surface area contributed by atoms with Crippen LogP contribution < -0.4 is 11.0 Å². The Bertz CT molecular complexity index is 1130. The molecule has 1 N–H and O–H groups in total. The SMILES string of the molecule is CCCn1c2nc(-c3ccsc3)nc-2c2n(c1=O)C[C@@H](Cc1ccccc1)N2. The average Bonchev–Trinajstić information content (AvgIpc) is 3.44. The van der Waals surface area contributed by atoms with E-state index in [9.17, 15) is 4.79 Å². The van der Waals surface area contributed by atoms with Crippen LogP contribution in [0.5, 0.6) is 0 Å². The standard InChI is InChI=1S/C21H21N5OS/c1-2-9-25-20-17(23-18(24-20)15-8-10-28-13-15)19-22-16(12-26(19)21(25)27)11-14-6-4-3-5-7-14/h3-8,10,13,16,22H,2,9,11-12H2,1H3/t16-/m1/s1. The lowest BCUT2D eigenvalue weighted by Crippen LogP contribution is -2.32. The first-order chi connectivity index (χ1) is 13.7. The number of anilines is 1. The van der Waals surface area contributed by atoms with Crippen LogP contribution in [0, 0.1) is 0 Å². The minimum absolute atomic E-state index is 0.0100. The molecule has 2 aromatic rings. The molecule has 0 radical (unpaired) electrons. The second kappa shape index (κ2) is 6.91. The van der Waals surface area contributed by atoms with E-state index in [1.165, 1.54) is 5.56 Å². The van der Waals surface area contributed by atoms with Crippen molar-refractivity contribution in [3.8, 4) is 22.9 Å². The van der Waals surface area contributed by atoms with E-state index in [2.05, 4.69) is 24.4 Å². The molecule has 7 heteroatoms. The number of fused-ring (bicyclic) bond motifs is 3. The maximum Gasteiger partial charge on any atom is 0.331 e. The highest BCUT2D eigenvalue weighted by atomic mass is 32.1. The predicted octanol–water partition coefficient (Wildman–Crippen LogP) is 3.72. The molecule has 0 spiro atoms. The van der Waals surface area contributed by atoms with E-state index < -0.39 is 0 Å². The molecular formula is C21H21N5OS. The van der Waals surface area contributed by atoms with Gasteiger partial charge in [-0.05, 0) is 29.9 Å². The van der Waals surface area contributed by atoms with Crippen LogP contribution in [0.1, 0.15) is 18.9 Å². The van der Waals surface area contributed by atoms with Gasteiger partial charge >= 0.3 is 5.69 Å². The second-order valence-electron chi connectivity index (χ2n) is 7.16. The van der Waals surface area contributed by atoms with Gasteiger partial charge in [0.1, 0.15) is 11.5 Å². The Morgan fingerprint density at radius 3 is 2.82 bits per heavy atom. The number of benzene rings is 1. The predicted molar refractivity (Wildman–Crippen MR) is 112 cm³/mol. The number of nitrogens with one attached hydrogen (secondary N) is 1. The fraction of sp³-hybridized carbons (Fsp3) is 0.286. The second-order valence-corrected chi connectivity index (χ2v) is 7.94. The van der Waals surface area contributed by atoms with Gasteiger partial charge < -0.3 is 5.32 Å². The van der Waals surface area contributed by atoms with Crippen LogP contribution in [0.2, 0.25) is 0 Å². The molecule has 5 rings (SSSR count). The summed E-state index contributed by atoms with van der Waals surface area (Å²) in [6, 6.07) is 12.5. The molecule has 3 aliphatic rings. The highest BCUT2D eigenvalue weighted by Crippen LogP contribution is 2.33. The Morgan fingerprint density at radius 1 is 1.21 bits per heavy atom. The molecule has 0 amide bonds. The van der Waals surface area contributed by atoms with Crippen molar-refractivity contribution in [1.82, 2.24) is 19.1 Å². The summed E-state index contributed by atoms with van der Waals surface area (Å²) in [6.45, 7) is 3.35. The maximum absolute atomic E-state index is 13.2. The Morgan fingerprint density at radius 2 is 2.07 bits per heavy atom. The summed E-state index contributed by atoms with van der Waals surface area (Å²) in [7, 11) is 0. The molecule has 0 unspecified atom stereocenters. The topological polar surface area (TPSA) is 64.7 Å². The quantitative estimate of drug-likeness (QED) is 0.563. The van der Waals surface area contributed by atoms with E-state index in [1.54, 1.807) is 15.9 Å². The normalized spacial score (nSPS) is 15.7. The molecule has 4 heterocycles. The summed E-state index contributed by atoms with van der Waals surface area (Å²) in [6.07, 6.45) is 1.73. The van der Waals surface area contributed by atoms with Gasteiger partial charge in [0.25, 0.3) is 0 Å². The third-order valence-corrected chi connectivity index (χ3v) is 5.83. The number of hydrogen-bond acceptors (Lipinski definition) is 5. The first kappa shape index (κ1) is 17.2. The molecule has 3 aliphatic heterocycles. The van der Waals surface area contributed by atoms with Gasteiger partial charge in [0.05, 0.1) is 0 Å². The maximum atomic E-state index is 13.2. The summed E-state index contributed by atoms with van der Waals surface area (Å²) in [5, 5.41) is 7.60. The lowest BCUT2D eigenvalue weighted by Gasteiger charge is -2.13. The highest BCUT2D eigenvalue weighted by molar-refractivity contribution is 7.08. The fourth-order valence-electron chi connectivity index (χ4n) is 3.88. The number of imidazole rings is 1. The van der Waals surface area contributed by atoms with Crippen molar-refractivity contribution in [2.75, 3.05) is 5.32 Å². The van der Waals surface area contributed by atoms with E-state index in [1.807, 2.05) is 39.6 Å². The summed E-state index contributed by atoms with van der Waals surface area (Å²) in [5.41, 5.74) is 3.02. The van der Waals surface area contributed by atoms with Gasteiger partial charge in [-0.15, -0.1) is 0 Å². The van der Waals surface area contributed by atoms with Crippen LogP contribution in [0.4, 0.5) is 5.82 Å². The summed E-state index contributed by atoms with van der Waals surface area (Å²) in [5.74, 6) is 2.15. The van der Waals surface area contributed by atoms with Gasteiger partial charge in [-0.1, -0.05) is 37.3 Å². The molecule has 0 saturated heterocycles. The van der Waals surface area contributed by atoms with Crippen molar-refractivity contribution >= 4 is 17.2 Å². The number of nitrogens with zero attached hydrogens (tertiary/aromatic N) is 4. The third-order valence-electron chi connectivity index (χ3n) is 5.15. The lowest BCUT2D eigenvalue weighted by molar-refractivity contribution is 0.560. The van der Waals surface area contributed by atoms with Gasteiger partial charge in [-0.2, -0.15) is 11.3 Å². The van der Waals surface area contributed by atoms with E-state index in [4.69, 9.17) is 9.97 Å². The summed E-state index contributed by atoms with van der Waals surface area (Å²) >= 11 is 1.62. The Hall–Kier alpha value is -2.93. The molecule has 0 aliphatic carbocycles. The van der Waals surface area contributed by atoms with Crippen molar-refractivity contribution in [2.45, 2.75) is 38.9 Å². The molecule has 1 aromatic carbocycles. The Labute approximate surface area is 166 Å². The lowest BCUT2D eigenvalue weighted by atomic mass is 10.1. The molecule has 0 saturated carbocycles. The minimum atomic E-state index is -0.0100. The molecule has 1 aromatic heterocycles. The van der Waals surface area contributed by atoms with Crippen LogP contribution in [0.15, 0.2) is 52.0 Å². The number of thiophene rings is 1. The van der Waals surface area contributed by atoms with Crippen molar-refractivity contribution in [3.63, 3.8) is 0 Å². The Kier molecular flexibility index (Phi) is 4.24. The van der Waals surface area contributed by atoms with Crippen molar-refractivity contribution in [1.29, 1.82) is 0 Å². The fourth-order valence-corrected chi connectivity index (χ4v) is 4.51. The minimum Gasteiger partial charge on any atom is -0.365 e. The van der Waals surface area contributed by atoms with E-state index in [0.717, 1.165) is 29.9 Å². The first-order valence-corrected chi connectivity index (χ1v) is 10.5. The van der Waals surface area contributed by atoms with E-state index in [-0.39, 0.29) is 11.7 Å². The van der Waals surface area contributed by atoms with Crippen molar-refractivity contribution in [3.05, 3.63) is 63.2 Å². The third kappa shape index (κ3) is 2.82. The molecule has 1 atom stereocenters. The smallest absolute Gasteiger partial charge is 0.331 e. The molecular weight excluding hydrogens is 370 g/mol. The van der Waals surface area contributed by atoms with Gasteiger partial charge in [-0.3, -0.25) is 9.13 Å². The van der Waals surface area contributed by atoms with Crippen LogP contribution in [0.25, 0.3) is 22.9 Å². The highest BCUT2D eigenvalue weighted by Gasteiger charge is 2.31. The van der Waals surface area contributed by atoms with Crippen molar-refractivity contribution < 1.29 is 0 Å². The molecule has 0 fully saturated rings. The summed E-state index contributed by atoms with van der Waals surface area (Å²) < 4.78 is 3.60. The van der Waals surface area contributed by atoms with E-state index in [0.29, 0.717) is 24.7 Å². The zero-order chi connectivity index (χ0) is 19.1. The number of aromatic nitrogens is 4. The largest absolute Gasteiger partial charge is 0.365 e. The monoisotopic (exact) mass is 391 g/mol. The molecule has 28 heavy (non-hydrogen) atoms. The van der Waals surface area contributed by atoms with Gasteiger partial charge in [0.15, 0.2) is 11.6 Å². The first-order valence-electron chi connectivity index (χ1n) is 9.58.